The second kappa shape index (κ2) is 4.54. The van der Waals surface area contributed by atoms with E-state index in [0.29, 0.717) is 6.07 Å². The topological polar surface area (TPSA) is 0 Å². The fraction of sp³-hybridized carbons (Fsp3) is 0.200. The second-order valence-corrected chi connectivity index (χ2v) is 2.87. The molecule has 0 saturated heterocycles. The molecule has 0 nitrogen and oxygen atoms in total. The first-order chi connectivity index (χ1) is 6.96. The summed E-state index contributed by atoms with van der Waals surface area (Å²) in [6, 6.07) is 2.94. The van der Waals surface area contributed by atoms with Crippen LogP contribution in [0.4, 0.5) is 17.6 Å². The molecule has 0 bridgehead atoms. The van der Waals surface area contributed by atoms with Crippen molar-refractivity contribution in [3.05, 3.63) is 35.1 Å². The van der Waals surface area contributed by atoms with Gasteiger partial charge in [-0.3, -0.25) is 0 Å². The Morgan fingerprint density at radius 3 is 2.47 bits per heavy atom. The molecular weight excluding hydrogens is 232 g/mol. The predicted octanol–water partition coefficient (Wildman–Crippen LogP) is 3.43. The van der Waals surface area contributed by atoms with Crippen molar-refractivity contribution in [2.45, 2.75) is 6.18 Å². The minimum Gasteiger partial charge on any atom is -0.205 e. The summed E-state index contributed by atoms with van der Waals surface area (Å²) < 4.78 is 49.9. The first-order valence-electron chi connectivity index (χ1n) is 3.87. The van der Waals surface area contributed by atoms with Crippen molar-refractivity contribution >= 4 is 11.6 Å². The minimum absolute atomic E-state index is 0.0598. The van der Waals surface area contributed by atoms with E-state index in [2.05, 4.69) is 11.8 Å². The van der Waals surface area contributed by atoms with Gasteiger partial charge in [-0.05, 0) is 12.1 Å². The van der Waals surface area contributed by atoms with Crippen LogP contribution in [0.2, 0.25) is 0 Å². The summed E-state index contributed by atoms with van der Waals surface area (Å²) in [7, 11) is 0. The highest BCUT2D eigenvalue weighted by Crippen LogP contribution is 2.32. The highest BCUT2D eigenvalue weighted by atomic mass is 35.5. The zero-order chi connectivity index (χ0) is 11.5. The molecule has 1 rings (SSSR count). The van der Waals surface area contributed by atoms with Gasteiger partial charge in [-0.2, -0.15) is 13.2 Å². The quantitative estimate of drug-likeness (QED) is 0.368. The van der Waals surface area contributed by atoms with Crippen molar-refractivity contribution in [2.75, 3.05) is 5.88 Å². The predicted molar refractivity (Wildman–Crippen MR) is 49.0 cm³/mol. The van der Waals surface area contributed by atoms with Crippen LogP contribution in [-0.2, 0) is 6.18 Å². The van der Waals surface area contributed by atoms with Crippen LogP contribution in [0.15, 0.2) is 18.2 Å². The van der Waals surface area contributed by atoms with Crippen LogP contribution in [0, 0.1) is 17.7 Å². The van der Waals surface area contributed by atoms with Gasteiger partial charge in [0.15, 0.2) is 5.82 Å². The largest absolute Gasteiger partial charge is 0.419 e. The average molecular weight is 237 g/mol. The number of benzene rings is 1. The number of halogens is 5. The summed E-state index contributed by atoms with van der Waals surface area (Å²) in [6.45, 7) is 0. The zero-order valence-electron chi connectivity index (χ0n) is 7.33. The monoisotopic (exact) mass is 236 g/mol. The van der Waals surface area contributed by atoms with Gasteiger partial charge in [0.1, 0.15) is 0 Å². The lowest BCUT2D eigenvalue weighted by molar-refractivity contribution is -0.140. The lowest BCUT2D eigenvalue weighted by Crippen LogP contribution is -2.08. The standard InChI is InChI=1S/C10H5ClF4/c11-6-2-4-7-3-1-5-8(9(7)12)10(13,14)15/h1,3,5H,6H2. The van der Waals surface area contributed by atoms with E-state index >= 15 is 0 Å². The molecular formula is C10H5ClF4. The molecule has 80 valence electrons. The average Bonchev–Trinajstić information content (AvgIpc) is 2.14. The molecule has 0 aliphatic carbocycles. The van der Waals surface area contributed by atoms with E-state index in [1.807, 2.05) is 0 Å². The summed E-state index contributed by atoms with van der Waals surface area (Å²) in [6.07, 6.45) is -4.71. The maximum Gasteiger partial charge on any atom is 0.419 e. The van der Waals surface area contributed by atoms with Gasteiger partial charge in [-0.1, -0.05) is 17.9 Å². The van der Waals surface area contributed by atoms with Gasteiger partial charge in [-0.25, -0.2) is 4.39 Å². The Hall–Kier alpha value is -1.21. The number of rotatable bonds is 0. The molecule has 0 spiro atoms. The highest BCUT2D eigenvalue weighted by molar-refractivity contribution is 6.19. The van der Waals surface area contributed by atoms with E-state index in [-0.39, 0.29) is 11.4 Å². The van der Waals surface area contributed by atoms with E-state index in [1.54, 1.807) is 0 Å². The molecule has 0 saturated carbocycles. The van der Waals surface area contributed by atoms with E-state index in [9.17, 15) is 17.6 Å². The van der Waals surface area contributed by atoms with Crippen LogP contribution in [0.3, 0.4) is 0 Å². The fourth-order valence-electron chi connectivity index (χ4n) is 0.976. The normalized spacial score (nSPS) is 10.7. The van der Waals surface area contributed by atoms with Gasteiger partial charge in [-0.15, -0.1) is 11.6 Å². The molecule has 15 heavy (non-hydrogen) atoms. The molecule has 0 aliphatic rings. The Labute approximate surface area is 88.9 Å². The van der Waals surface area contributed by atoms with E-state index in [4.69, 9.17) is 11.6 Å². The van der Waals surface area contributed by atoms with Gasteiger partial charge in [0.25, 0.3) is 0 Å². The molecule has 1 aromatic carbocycles. The zero-order valence-corrected chi connectivity index (χ0v) is 8.08. The molecule has 0 amide bonds. The van der Waals surface area contributed by atoms with Gasteiger partial charge in [0.05, 0.1) is 17.0 Å². The van der Waals surface area contributed by atoms with Crippen LogP contribution >= 0.6 is 11.6 Å². The third-order valence-electron chi connectivity index (χ3n) is 1.59. The summed E-state index contributed by atoms with van der Waals surface area (Å²) in [5.74, 6) is 3.09. The van der Waals surface area contributed by atoms with Gasteiger partial charge >= 0.3 is 6.18 Å². The molecule has 0 unspecified atom stereocenters. The van der Waals surface area contributed by atoms with Crippen molar-refractivity contribution < 1.29 is 17.6 Å². The molecule has 0 aromatic heterocycles. The van der Waals surface area contributed by atoms with Crippen LogP contribution in [-0.4, -0.2) is 5.88 Å². The maximum atomic E-state index is 13.2. The SMILES string of the molecule is Fc1c(C#CCCl)cccc1C(F)(F)F. The number of alkyl halides is 4. The number of hydrogen-bond acceptors (Lipinski definition) is 0. The molecule has 0 N–H and O–H groups in total. The lowest BCUT2D eigenvalue weighted by atomic mass is 10.1. The Balaban J connectivity index is 3.23. The third-order valence-corrected chi connectivity index (χ3v) is 1.73. The maximum absolute atomic E-state index is 13.2. The van der Waals surface area contributed by atoms with Crippen molar-refractivity contribution in [2.24, 2.45) is 0 Å². The van der Waals surface area contributed by atoms with E-state index in [1.165, 1.54) is 6.07 Å². The summed E-state index contributed by atoms with van der Waals surface area (Å²) in [5.41, 5.74) is -1.62. The molecule has 0 radical (unpaired) electrons. The lowest BCUT2D eigenvalue weighted by Gasteiger charge is -2.08. The van der Waals surface area contributed by atoms with Crippen molar-refractivity contribution in [3.8, 4) is 11.8 Å². The van der Waals surface area contributed by atoms with Gasteiger partial charge in [0, 0.05) is 0 Å². The van der Waals surface area contributed by atoms with E-state index in [0.717, 1.165) is 6.07 Å². The molecule has 5 heteroatoms. The van der Waals surface area contributed by atoms with Crippen LogP contribution in [0.5, 0.6) is 0 Å². The van der Waals surface area contributed by atoms with Crippen LogP contribution in [0.25, 0.3) is 0 Å². The van der Waals surface area contributed by atoms with Crippen molar-refractivity contribution in [3.63, 3.8) is 0 Å². The molecule has 0 atom stereocenters. The van der Waals surface area contributed by atoms with Crippen LogP contribution in [0.1, 0.15) is 11.1 Å². The van der Waals surface area contributed by atoms with Gasteiger partial charge < -0.3 is 0 Å². The Morgan fingerprint density at radius 1 is 1.27 bits per heavy atom. The molecule has 0 aliphatic heterocycles. The summed E-state index contributed by atoms with van der Waals surface area (Å²) in [4.78, 5) is 0. The highest BCUT2D eigenvalue weighted by Gasteiger charge is 2.34. The smallest absolute Gasteiger partial charge is 0.205 e. The van der Waals surface area contributed by atoms with Crippen LogP contribution < -0.4 is 0 Å². The third kappa shape index (κ3) is 2.87. The first-order valence-corrected chi connectivity index (χ1v) is 4.41. The molecule has 1 aromatic rings. The number of hydrogen-bond donors (Lipinski definition) is 0. The summed E-state index contributed by atoms with van der Waals surface area (Å²) in [5, 5.41) is 0. The van der Waals surface area contributed by atoms with Crippen molar-refractivity contribution in [1.29, 1.82) is 0 Å². The molecule has 0 fully saturated rings. The Bertz CT molecular complexity index is 412. The molecule has 0 heterocycles. The van der Waals surface area contributed by atoms with Crippen molar-refractivity contribution in [1.82, 2.24) is 0 Å². The summed E-state index contributed by atoms with van der Waals surface area (Å²) >= 11 is 5.22. The van der Waals surface area contributed by atoms with E-state index < -0.39 is 17.6 Å². The van der Waals surface area contributed by atoms with Gasteiger partial charge in [0.2, 0.25) is 0 Å². The minimum atomic E-state index is -4.71. The fourth-order valence-corrected chi connectivity index (χ4v) is 1.04. The second-order valence-electron chi connectivity index (χ2n) is 2.60. The Kier molecular flexibility index (Phi) is 3.59. The Morgan fingerprint density at radius 2 is 1.93 bits per heavy atom. The first kappa shape index (κ1) is 11.9.